The lowest BCUT2D eigenvalue weighted by Crippen LogP contribution is -2.43. The van der Waals surface area contributed by atoms with Crippen LogP contribution in [0.25, 0.3) is 16.5 Å². The number of rotatable bonds is 4. The van der Waals surface area contributed by atoms with Crippen LogP contribution in [0.3, 0.4) is 0 Å². The van der Waals surface area contributed by atoms with Gasteiger partial charge in [-0.2, -0.15) is 0 Å². The molecule has 176 valence electrons. The lowest BCUT2D eigenvalue weighted by Gasteiger charge is -2.32. The third-order valence-corrected chi connectivity index (χ3v) is 6.48. The van der Waals surface area contributed by atoms with Gasteiger partial charge in [0.1, 0.15) is 5.82 Å². The molecule has 7 nitrogen and oxygen atoms in total. The second-order valence-electron chi connectivity index (χ2n) is 8.47. The molecule has 1 aliphatic heterocycles. The standard InChI is InChI=1S/C28H25N3O4/c1-4-35-27(33)22-21(20-16-10-14-17-11-8-9-15-19(17)20)23-25(30(2)28(34)31(3)26(23)32)29-24(22)18-12-6-5-7-13-18/h5-16,21,29H,4H2,1-3H3. The highest BCUT2D eigenvalue weighted by Crippen LogP contribution is 2.44. The van der Waals surface area contributed by atoms with Crippen molar-refractivity contribution in [3.05, 3.63) is 116 Å². The lowest BCUT2D eigenvalue weighted by molar-refractivity contribution is -0.138. The fourth-order valence-corrected chi connectivity index (χ4v) is 4.83. The molecular weight excluding hydrogens is 442 g/mol. The molecule has 0 fully saturated rings. The van der Waals surface area contributed by atoms with Gasteiger partial charge in [-0.25, -0.2) is 9.59 Å². The van der Waals surface area contributed by atoms with Crippen molar-refractivity contribution in [2.24, 2.45) is 14.1 Å². The van der Waals surface area contributed by atoms with Crippen LogP contribution in [0.1, 0.15) is 29.5 Å². The highest BCUT2D eigenvalue weighted by atomic mass is 16.5. The number of benzene rings is 3. The Morgan fingerprint density at radius 2 is 1.60 bits per heavy atom. The van der Waals surface area contributed by atoms with Gasteiger partial charge in [0, 0.05) is 14.1 Å². The van der Waals surface area contributed by atoms with Gasteiger partial charge >= 0.3 is 11.7 Å². The predicted octanol–water partition coefficient (Wildman–Crippen LogP) is 3.77. The highest BCUT2D eigenvalue weighted by molar-refractivity contribution is 6.05. The van der Waals surface area contributed by atoms with Gasteiger partial charge in [-0.05, 0) is 28.8 Å². The van der Waals surface area contributed by atoms with Gasteiger partial charge in [0.2, 0.25) is 0 Å². The van der Waals surface area contributed by atoms with E-state index in [0.29, 0.717) is 22.7 Å². The number of aromatic nitrogens is 2. The molecule has 7 heteroatoms. The van der Waals surface area contributed by atoms with Crippen molar-refractivity contribution >= 4 is 28.3 Å². The summed E-state index contributed by atoms with van der Waals surface area (Å²) in [4.78, 5) is 40.0. The first-order valence-electron chi connectivity index (χ1n) is 11.4. The molecule has 0 saturated carbocycles. The molecule has 1 aliphatic rings. The molecule has 1 atom stereocenters. The minimum absolute atomic E-state index is 0.185. The van der Waals surface area contributed by atoms with Crippen molar-refractivity contribution in [1.82, 2.24) is 9.13 Å². The van der Waals surface area contributed by atoms with Crippen molar-refractivity contribution in [2.45, 2.75) is 12.8 Å². The van der Waals surface area contributed by atoms with Crippen molar-refractivity contribution in [3.63, 3.8) is 0 Å². The van der Waals surface area contributed by atoms with Crippen molar-refractivity contribution in [3.8, 4) is 0 Å². The number of ether oxygens (including phenoxy) is 1. The molecule has 1 aromatic heterocycles. The maximum absolute atomic E-state index is 13.6. The number of fused-ring (bicyclic) bond motifs is 2. The molecule has 3 aromatic carbocycles. The van der Waals surface area contributed by atoms with Gasteiger partial charge in [-0.15, -0.1) is 0 Å². The molecule has 4 aromatic rings. The molecule has 2 heterocycles. The van der Waals surface area contributed by atoms with Crippen molar-refractivity contribution in [2.75, 3.05) is 11.9 Å². The van der Waals surface area contributed by atoms with Gasteiger partial charge < -0.3 is 10.1 Å². The molecule has 0 radical (unpaired) electrons. The second-order valence-corrected chi connectivity index (χ2v) is 8.47. The van der Waals surface area contributed by atoms with Gasteiger partial charge in [0.25, 0.3) is 5.56 Å². The molecule has 0 aliphatic carbocycles. The Labute approximate surface area is 201 Å². The number of carbonyl (C=O) groups excluding carboxylic acids is 1. The molecule has 0 spiro atoms. The van der Waals surface area contributed by atoms with E-state index in [1.54, 1.807) is 14.0 Å². The van der Waals surface area contributed by atoms with Crippen molar-refractivity contribution in [1.29, 1.82) is 0 Å². The second kappa shape index (κ2) is 8.76. The van der Waals surface area contributed by atoms with E-state index in [9.17, 15) is 14.4 Å². The number of esters is 1. The molecule has 1 unspecified atom stereocenters. The zero-order valence-electron chi connectivity index (χ0n) is 19.7. The summed E-state index contributed by atoms with van der Waals surface area (Å²) in [6.45, 7) is 1.94. The van der Waals surface area contributed by atoms with E-state index in [1.165, 1.54) is 11.6 Å². The number of anilines is 1. The number of hydrogen-bond donors (Lipinski definition) is 1. The maximum atomic E-state index is 13.6. The summed E-state index contributed by atoms with van der Waals surface area (Å²) in [5.74, 6) is -0.904. The molecule has 0 bridgehead atoms. The first-order valence-corrected chi connectivity index (χ1v) is 11.4. The third-order valence-electron chi connectivity index (χ3n) is 6.48. The predicted molar refractivity (Wildman–Crippen MR) is 136 cm³/mol. The fourth-order valence-electron chi connectivity index (χ4n) is 4.83. The van der Waals surface area contributed by atoms with Crippen LogP contribution in [0.2, 0.25) is 0 Å². The number of carbonyl (C=O) groups is 1. The van der Waals surface area contributed by atoms with Crippen LogP contribution in [-0.4, -0.2) is 21.7 Å². The zero-order chi connectivity index (χ0) is 24.7. The fraction of sp³-hybridized carbons (Fsp3) is 0.179. The zero-order valence-corrected chi connectivity index (χ0v) is 19.7. The van der Waals surface area contributed by atoms with E-state index in [0.717, 1.165) is 26.5 Å². The summed E-state index contributed by atoms with van der Waals surface area (Å²) in [7, 11) is 3.07. The summed E-state index contributed by atoms with van der Waals surface area (Å²) in [6, 6.07) is 23.1. The average Bonchev–Trinajstić information content (AvgIpc) is 2.89. The van der Waals surface area contributed by atoms with Gasteiger partial charge in [-0.3, -0.25) is 13.9 Å². The van der Waals surface area contributed by atoms with Crippen LogP contribution >= 0.6 is 0 Å². The number of hydrogen-bond acceptors (Lipinski definition) is 5. The highest BCUT2D eigenvalue weighted by Gasteiger charge is 2.39. The first kappa shape index (κ1) is 22.4. The van der Waals surface area contributed by atoms with Gasteiger partial charge in [0.15, 0.2) is 0 Å². The molecule has 1 N–H and O–H groups in total. The summed E-state index contributed by atoms with van der Waals surface area (Å²) >= 11 is 0. The summed E-state index contributed by atoms with van der Waals surface area (Å²) in [5.41, 5.74) is 1.80. The molecule has 0 amide bonds. The van der Waals surface area contributed by atoms with Gasteiger partial charge in [0.05, 0.1) is 29.4 Å². The molecule has 0 saturated heterocycles. The lowest BCUT2D eigenvalue weighted by atomic mass is 9.79. The maximum Gasteiger partial charge on any atom is 0.337 e. The topological polar surface area (TPSA) is 82.3 Å². The monoisotopic (exact) mass is 467 g/mol. The van der Waals surface area contributed by atoms with Crippen molar-refractivity contribution < 1.29 is 9.53 Å². The van der Waals surface area contributed by atoms with Crippen LogP contribution in [0.4, 0.5) is 5.82 Å². The Balaban J connectivity index is 1.96. The SMILES string of the molecule is CCOC(=O)C1=C(c2ccccc2)Nc2c(c(=O)n(C)c(=O)n2C)C1c1cccc2ccccc12. The van der Waals surface area contributed by atoms with E-state index in [4.69, 9.17) is 4.74 Å². The average molecular weight is 468 g/mol. The Hall–Kier alpha value is -4.39. The molecular formula is C28H25N3O4. The molecule has 35 heavy (non-hydrogen) atoms. The van der Waals surface area contributed by atoms with Crippen LogP contribution in [0, 0.1) is 0 Å². The summed E-state index contributed by atoms with van der Waals surface area (Å²) in [5, 5.41) is 5.15. The normalized spacial score (nSPS) is 15.0. The van der Waals surface area contributed by atoms with E-state index >= 15 is 0 Å². The largest absolute Gasteiger partial charge is 0.463 e. The van der Waals surface area contributed by atoms with Crippen LogP contribution in [0.15, 0.2) is 88.0 Å². The third kappa shape index (κ3) is 3.56. The minimum atomic E-state index is -0.753. The Kier molecular flexibility index (Phi) is 5.61. The Morgan fingerprint density at radius 1 is 0.914 bits per heavy atom. The number of nitrogens with one attached hydrogen (secondary N) is 1. The summed E-state index contributed by atoms with van der Waals surface area (Å²) < 4.78 is 8.02. The van der Waals surface area contributed by atoms with Crippen LogP contribution in [-0.2, 0) is 23.6 Å². The van der Waals surface area contributed by atoms with Crippen LogP contribution < -0.4 is 16.6 Å². The first-order chi connectivity index (χ1) is 16.9. The van der Waals surface area contributed by atoms with Gasteiger partial charge in [-0.1, -0.05) is 72.8 Å². The molecule has 5 rings (SSSR count). The smallest absolute Gasteiger partial charge is 0.337 e. The summed E-state index contributed by atoms with van der Waals surface area (Å²) in [6.07, 6.45) is 0. The Bertz CT molecular complexity index is 1610. The van der Waals surface area contributed by atoms with E-state index < -0.39 is 23.1 Å². The van der Waals surface area contributed by atoms with E-state index in [2.05, 4.69) is 5.32 Å². The quantitative estimate of drug-likeness (QED) is 0.462. The van der Waals surface area contributed by atoms with E-state index in [-0.39, 0.29) is 6.61 Å². The van der Waals surface area contributed by atoms with E-state index in [1.807, 2.05) is 72.8 Å². The van der Waals surface area contributed by atoms with Crippen LogP contribution in [0.5, 0.6) is 0 Å². The number of nitrogens with zero attached hydrogens (tertiary/aromatic N) is 2. The Morgan fingerprint density at radius 3 is 2.34 bits per heavy atom. The minimum Gasteiger partial charge on any atom is -0.463 e.